The molecule has 0 saturated heterocycles. The van der Waals surface area contributed by atoms with Crippen molar-refractivity contribution in [2.24, 2.45) is 0 Å². The molecule has 0 aliphatic heterocycles. The van der Waals surface area contributed by atoms with E-state index in [2.05, 4.69) is 6.07 Å². The Morgan fingerprint density at radius 3 is 2.43 bits per heavy atom. The van der Waals surface area contributed by atoms with Crippen LogP contribution in [0.15, 0.2) is 65.1 Å². The quantitative estimate of drug-likeness (QED) is 0.523. The molecule has 0 saturated carbocycles. The van der Waals surface area contributed by atoms with Crippen LogP contribution in [-0.4, -0.2) is 0 Å². The summed E-state index contributed by atoms with van der Waals surface area (Å²) < 4.78 is 5.79. The molecule has 112 valence electrons. The van der Waals surface area contributed by atoms with Crippen molar-refractivity contribution in [3.8, 4) is 17.4 Å². The van der Waals surface area contributed by atoms with E-state index in [0.717, 1.165) is 11.1 Å². The van der Waals surface area contributed by atoms with Crippen molar-refractivity contribution in [3.05, 3.63) is 82.0 Å². The highest BCUT2D eigenvalue weighted by atomic mass is 35.5. The fourth-order valence-electron chi connectivity index (χ4n) is 2.18. The molecule has 0 fully saturated rings. The Hall–Kier alpha value is -2.47. The molecule has 3 rings (SSSR count). The average molecular weight is 340 g/mol. The fourth-order valence-corrected chi connectivity index (χ4v) is 2.47. The first-order chi connectivity index (χ1) is 11.2. The van der Waals surface area contributed by atoms with Gasteiger partial charge in [-0.3, -0.25) is 0 Å². The highest BCUT2D eigenvalue weighted by Gasteiger charge is 2.07. The van der Waals surface area contributed by atoms with Crippen molar-refractivity contribution in [2.75, 3.05) is 0 Å². The third-order valence-electron chi connectivity index (χ3n) is 3.32. The van der Waals surface area contributed by atoms with E-state index in [1.165, 1.54) is 0 Å². The summed E-state index contributed by atoms with van der Waals surface area (Å²) in [7, 11) is 0. The standard InChI is InChI=1S/C19H11Cl2NO/c20-17-8-6-14(11-18(17)21)19-9-7-16(23-19)10-15(12-22)13-4-2-1-3-5-13/h1-11H/b15-10-. The maximum atomic E-state index is 9.34. The van der Waals surface area contributed by atoms with Crippen LogP contribution in [0.4, 0.5) is 0 Å². The maximum Gasteiger partial charge on any atom is 0.134 e. The van der Waals surface area contributed by atoms with Crippen LogP contribution in [0.5, 0.6) is 0 Å². The second kappa shape index (κ2) is 6.75. The Kier molecular flexibility index (Phi) is 4.52. The molecular weight excluding hydrogens is 329 g/mol. The zero-order valence-electron chi connectivity index (χ0n) is 12.0. The molecule has 0 radical (unpaired) electrons. The van der Waals surface area contributed by atoms with Gasteiger partial charge in [-0.25, -0.2) is 0 Å². The van der Waals surface area contributed by atoms with Crippen LogP contribution in [0.2, 0.25) is 10.0 Å². The number of nitrogens with zero attached hydrogens (tertiary/aromatic N) is 1. The molecule has 0 bridgehead atoms. The second-order valence-corrected chi connectivity index (χ2v) is 5.68. The average Bonchev–Trinajstić information content (AvgIpc) is 3.04. The summed E-state index contributed by atoms with van der Waals surface area (Å²) in [6, 6.07) is 20.6. The van der Waals surface area contributed by atoms with Crippen LogP contribution in [0.25, 0.3) is 23.0 Å². The van der Waals surface area contributed by atoms with E-state index in [-0.39, 0.29) is 0 Å². The molecule has 0 unspecified atom stereocenters. The van der Waals surface area contributed by atoms with E-state index in [1.807, 2.05) is 48.5 Å². The predicted molar refractivity (Wildman–Crippen MR) is 94.1 cm³/mol. The highest BCUT2D eigenvalue weighted by molar-refractivity contribution is 6.42. The Morgan fingerprint density at radius 1 is 0.957 bits per heavy atom. The SMILES string of the molecule is N#C/C(=C/c1ccc(-c2ccc(Cl)c(Cl)c2)o1)c1ccccc1. The molecule has 1 aromatic heterocycles. The monoisotopic (exact) mass is 339 g/mol. The number of benzene rings is 2. The Morgan fingerprint density at radius 2 is 1.74 bits per heavy atom. The predicted octanol–water partition coefficient (Wildman–Crippen LogP) is 6.32. The van der Waals surface area contributed by atoms with Gasteiger partial charge >= 0.3 is 0 Å². The summed E-state index contributed by atoms with van der Waals surface area (Å²) >= 11 is 11.9. The van der Waals surface area contributed by atoms with Gasteiger partial charge in [0, 0.05) is 5.56 Å². The van der Waals surface area contributed by atoms with Gasteiger partial charge in [0.05, 0.1) is 21.7 Å². The number of hydrogen-bond acceptors (Lipinski definition) is 2. The molecule has 0 spiro atoms. The lowest BCUT2D eigenvalue weighted by atomic mass is 10.1. The van der Waals surface area contributed by atoms with Crippen LogP contribution >= 0.6 is 23.2 Å². The van der Waals surface area contributed by atoms with Gasteiger partial charge in [-0.1, -0.05) is 53.5 Å². The van der Waals surface area contributed by atoms with Gasteiger partial charge in [0.15, 0.2) is 0 Å². The van der Waals surface area contributed by atoms with Gasteiger partial charge in [-0.05, 0) is 42.0 Å². The van der Waals surface area contributed by atoms with E-state index in [9.17, 15) is 5.26 Å². The van der Waals surface area contributed by atoms with Crippen molar-refractivity contribution in [2.45, 2.75) is 0 Å². The van der Waals surface area contributed by atoms with Crippen LogP contribution in [0, 0.1) is 11.3 Å². The van der Waals surface area contributed by atoms with Crippen LogP contribution in [0.3, 0.4) is 0 Å². The van der Waals surface area contributed by atoms with Gasteiger partial charge < -0.3 is 4.42 Å². The second-order valence-electron chi connectivity index (χ2n) is 4.87. The van der Waals surface area contributed by atoms with Gasteiger partial charge in [0.1, 0.15) is 11.5 Å². The molecule has 0 aliphatic carbocycles. The molecule has 0 atom stereocenters. The molecular formula is C19H11Cl2NO. The molecule has 3 aromatic rings. The zero-order valence-corrected chi connectivity index (χ0v) is 13.5. The summed E-state index contributed by atoms with van der Waals surface area (Å²) in [6.45, 7) is 0. The first-order valence-corrected chi connectivity index (χ1v) is 7.65. The number of allylic oxidation sites excluding steroid dienone is 1. The van der Waals surface area contributed by atoms with Crippen molar-refractivity contribution >= 4 is 34.9 Å². The third-order valence-corrected chi connectivity index (χ3v) is 4.06. The number of furan rings is 1. The maximum absolute atomic E-state index is 9.34. The molecule has 0 amide bonds. The van der Waals surface area contributed by atoms with Crippen LogP contribution in [0.1, 0.15) is 11.3 Å². The largest absolute Gasteiger partial charge is 0.457 e. The van der Waals surface area contributed by atoms with E-state index < -0.39 is 0 Å². The van der Waals surface area contributed by atoms with Crippen molar-refractivity contribution < 1.29 is 4.42 Å². The van der Waals surface area contributed by atoms with Gasteiger partial charge in [-0.2, -0.15) is 5.26 Å². The van der Waals surface area contributed by atoms with Gasteiger partial charge in [0.2, 0.25) is 0 Å². The van der Waals surface area contributed by atoms with Crippen molar-refractivity contribution in [3.63, 3.8) is 0 Å². The number of nitriles is 1. The third kappa shape index (κ3) is 3.48. The van der Waals surface area contributed by atoms with E-state index >= 15 is 0 Å². The summed E-state index contributed by atoms with van der Waals surface area (Å²) in [5, 5.41) is 10.3. The molecule has 0 aliphatic rings. The fraction of sp³-hybridized carbons (Fsp3) is 0. The van der Waals surface area contributed by atoms with Crippen molar-refractivity contribution in [1.82, 2.24) is 0 Å². The molecule has 4 heteroatoms. The lowest BCUT2D eigenvalue weighted by Crippen LogP contribution is -1.79. The van der Waals surface area contributed by atoms with Gasteiger partial charge in [-0.15, -0.1) is 0 Å². The van der Waals surface area contributed by atoms with E-state index in [4.69, 9.17) is 27.6 Å². The number of hydrogen-bond donors (Lipinski definition) is 0. The summed E-state index contributed by atoms with van der Waals surface area (Å²) in [5.74, 6) is 1.27. The van der Waals surface area contributed by atoms with Gasteiger partial charge in [0.25, 0.3) is 0 Å². The zero-order chi connectivity index (χ0) is 16.2. The Labute approximate surface area is 144 Å². The minimum absolute atomic E-state index is 0.472. The van der Waals surface area contributed by atoms with Crippen LogP contribution < -0.4 is 0 Å². The molecule has 2 nitrogen and oxygen atoms in total. The summed E-state index contributed by atoms with van der Waals surface area (Å²) in [4.78, 5) is 0. The first kappa shape index (κ1) is 15.4. The Balaban J connectivity index is 1.94. The summed E-state index contributed by atoms with van der Waals surface area (Å²) in [6.07, 6.45) is 1.72. The smallest absolute Gasteiger partial charge is 0.134 e. The number of rotatable bonds is 3. The minimum atomic E-state index is 0.472. The molecule has 23 heavy (non-hydrogen) atoms. The number of halogens is 2. The summed E-state index contributed by atoms with van der Waals surface area (Å²) in [5.41, 5.74) is 2.22. The first-order valence-electron chi connectivity index (χ1n) is 6.90. The van der Waals surface area contributed by atoms with Crippen molar-refractivity contribution in [1.29, 1.82) is 5.26 Å². The lowest BCUT2D eigenvalue weighted by molar-refractivity contribution is 0.572. The van der Waals surface area contributed by atoms with E-state index in [1.54, 1.807) is 18.2 Å². The molecule has 0 N–H and O–H groups in total. The Bertz CT molecular complexity index is 905. The van der Waals surface area contributed by atoms with Crippen LogP contribution in [-0.2, 0) is 0 Å². The van der Waals surface area contributed by atoms with E-state index in [0.29, 0.717) is 27.1 Å². The molecule has 2 aromatic carbocycles. The highest BCUT2D eigenvalue weighted by Crippen LogP contribution is 2.30. The topological polar surface area (TPSA) is 36.9 Å². The lowest BCUT2D eigenvalue weighted by Gasteiger charge is -2.00. The minimum Gasteiger partial charge on any atom is -0.457 e. The normalized spacial score (nSPS) is 11.3. The molecule has 1 heterocycles.